The number of amides is 1. The molecule has 10 heteroatoms. The molecule has 0 fully saturated rings. The van der Waals surface area contributed by atoms with Crippen LogP contribution in [0.25, 0.3) is 11.5 Å². The quantitative estimate of drug-likeness (QED) is 0.735. The first kappa shape index (κ1) is 18.6. The molecule has 0 radical (unpaired) electrons. The van der Waals surface area contributed by atoms with Crippen molar-refractivity contribution in [3.05, 3.63) is 65.6 Å². The monoisotopic (exact) mass is 392 g/mol. The fourth-order valence-electron chi connectivity index (χ4n) is 2.44. The van der Waals surface area contributed by atoms with Crippen molar-refractivity contribution in [1.29, 1.82) is 0 Å². The Labute approximate surface area is 153 Å². The number of aromatic nitrogens is 3. The van der Waals surface area contributed by atoms with Crippen LogP contribution >= 0.6 is 0 Å². The van der Waals surface area contributed by atoms with E-state index < -0.39 is 27.6 Å². The fourth-order valence-corrected chi connectivity index (χ4v) is 3.66. The van der Waals surface area contributed by atoms with E-state index in [-0.39, 0.29) is 27.7 Å². The first-order chi connectivity index (χ1) is 12.7. The first-order valence-electron chi connectivity index (χ1n) is 7.66. The highest BCUT2D eigenvalue weighted by Gasteiger charge is 2.24. The van der Waals surface area contributed by atoms with Crippen molar-refractivity contribution in [3.8, 4) is 11.5 Å². The number of hydrogen-bond acceptors (Lipinski definition) is 5. The summed E-state index contributed by atoms with van der Waals surface area (Å²) < 4.78 is 55.3. The lowest BCUT2D eigenvalue weighted by Gasteiger charge is -2.08. The Morgan fingerprint density at radius 3 is 2.67 bits per heavy atom. The number of benzene rings is 1. The van der Waals surface area contributed by atoms with Crippen molar-refractivity contribution in [2.24, 2.45) is 7.05 Å². The van der Waals surface area contributed by atoms with Crippen LogP contribution in [0.15, 0.2) is 47.6 Å². The summed E-state index contributed by atoms with van der Waals surface area (Å²) in [5.41, 5.74) is -0.0629. The molecule has 7 nitrogen and oxygen atoms in total. The second kappa shape index (κ2) is 6.88. The number of imidazole rings is 1. The molecule has 140 valence electrons. The minimum Gasteiger partial charge on any atom is -0.332 e. The second-order valence-corrected chi connectivity index (χ2v) is 7.39. The lowest BCUT2D eigenvalue weighted by molar-refractivity contribution is 0.0977. The highest BCUT2D eigenvalue weighted by Crippen LogP contribution is 2.20. The molecule has 1 amide bonds. The van der Waals surface area contributed by atoms with Gasteiger partial charge in [0.1, 0.15) is 17.2 Å². The van der Waals surface area contributed by atoms with E-state index >= 15 is 0 Å². The maximum Gasteiger partial charge on any atom is 0.285 e. The Morgan fingerprint density at radius 1 is 1.22 bits per heavy atom. The van der Waals surface area contributed by atoms with Gasteiger partial charge in [0.15, 0.2) is 11.6 Å². The molecule has 3 aromatic rings. The Kier molecular flexibility index (Phi) is 4.75. The third-order valence-corrected chi connectivity index (χ3v) is 5.22. The van der Waals surface area contributed by atoms with Gasteiger partial charge in [0, 0.05) is 19.4 Å². The van der Waals surface area contributed by atoms with E-state index in [0.717, 1.165) is 12.1 Å². The summed E-state index contributed by atoms with van der Waals surface area (Å²) in [6, 6.07) is 5.81. The number of rotatable bonds is 4. The Bertz CT molecular complexity index is 1140. The van der Waals surface area contributed by atoms with Gasteiger partial charge in [-0.25, -0.2) is 31.9 Å². The van der Waals surface area contributed by atoms with Crippen LogP contribution in [-0.2, 0) is 17.1 Å². The smallest absolute Gasteiger partial charge is 0.285 e. The van der Waals surface area contributed by atoms with Crippen LogP contribution in [0.5, 0.6) is 0 Å². The van der Waals surface area contributed by atoms with E-state index in [0.29, 0.717) is 0 Å². The van der Waals surface area contributed by atoms with Crippen molar-refractivity contribution in [1.82, 2.24) is 19.3 Å². The predicted octanol–water partition coefficient (Wildman–Crippen LogP) is 2.19. The van der Waals surface area contributed by atoms with Crippen molar-refractivity contribution in [2.75, 3.05) is 0 Å². The molecule has 1 N–H and O–H groups in total. The third-order valence-electron chi connectivity index (χ3n) is 3.75. The maximum atomic E-state index is 13.9. The topological polar surface area (TPSA) is 94.0 Å². The molecular weight excluding hydrogens is 378 g/mol. The molecule has 0 atom stereocenters. The normalized spacial score (nSPS) is 11.4. The lowest BCUT2D eigenvalue weighted by atomic mass is 10.2. The standard InChI is InChI=1S/C17H14F2N4O3S/c1-10-5-6-11(18)8-14(10)27(25,26)22-17(24)13-9-23(2)16(21-13)15-12(19)4-3-7-20-15/h3-9H,1-2H3,(H,22,24). The minimum absolute atomic E-state index is 0.0533. The van der Waals surface area contributed by atoms with Crippen LogP contribution in [0.4, 0.5) is 8.78 Å². The van der Waals surface area contributed by atoms with E-state index in [1.54, 1.807) is 0 Å². The van der Waals surface area contributed by atoms with Gasteiger partial charge in [0.25, 0.3) is 15.9 Å². The number of carbonyl (C=O) groups excluding carboxylic acids is 1. The third kappa shape index (κ3) is 3.70. The van der Waals surface area contributed by atoms with Gasteiger partial charge in [-0.05, 0) is 36.8 Å². The average Bonchev–Trinajstić information content (AvgIpc) is 2.99. The van der Waals surface area contributed by atoms with Crippen LogP contribution in [0.2, 0.25) is 0 Å². The molecule has 0 saturated carbocycles. The number of pyridine rings is 1. The molecule has 0 aliphatic heterocycles. The van der Waals surface area contributed by atoms with E-state index in [4.69, 9.17) is 0 Å². The summed E-state index contributed by atoms with van der Waals surface area (Å²) in [6.45, 7) is 1.47. The van der Waals surface area contributed by atoms with Gasteiger partial charge >= 0.3 is 0 Å². The summed E-state index contributed by atoms with van der Waals surface area (Å²) in [5, 5.41) is 0. The van der Waals surface area contributed by atoms with Crippen molar-refractivity contribution >= 4 is 15.9 Å². The summed E-state index contributed by atoms with van der Waals surface area (Å²) in [4.78, 5) is 19.8. The molecule has 3 rings (SSSR count). The summed E-state index contributed by atoms with van der Waals surface area (Å²) in [6.07, 6.45) is 2.61. The molecule has 1 aromatic carbocycles. The van der Waals surface area contributed by atoms with Crippen molar-refractivity contribution in [3.63, 3.8) is 0 Å². The largest absolute Gasteiger partial charge is 0.332 e. The van der Waals surface area contributed by atoms with Crippen LogP contribution in [0, 0.1) is 18.6 Å². The van der Waals surface area contributed by atoms with E-state index in [2.05, 4.69) is 9.97 Å². The van der Waals surface area contributed by atoms with Crippen LogP contribution in [-0.4, -0.2) is 28.9 Å². The summed E-state index contributed by atoms with van der Waals surface area (Å²) in [7, 11) is -2.80. The zero-order valence-corrected chi connectivity index (χ0v) is 15.1. The number of nitrogens with zero attached hydrogens (tertiary/aromatic N) is 3. The van der Waals surface area contributed by atoms with Gasteiger partial charge in [0.05, 0.1) is 4.90 Å². The molecule has 0 aliphatic carbocycles. The Hall–Kier alpha value is -3.14. The predicted molar refractivity (Wildman–Crippen MR) is 92.2 cm³/mol. The molecule has 0 saturated heterocycles. The van der Waals surface area contributed by atoms with Gasteiger partial charge in [-0.1, -0.05) is 6.07 Å². The van der Waals surface area contributed by atoms with Gasteiger partial charge in [0.2, 0.25) is 0 Å². The van der Waals surface area contributed by atoms with Gasteiger partial charge in [-0.15, -0.1) is 0 Å². The molecule has 2 heterocycles. The first-order valence-corrected chi connectivity index (χ1v) is 9.15. The number of halogens is 2. The van der Waals surface area contributed by atoms with Crippen molar-refractivity contribution < 1.29 is 22.0 Å². The second-order valence-electron chi connectivity index (χ2n) is 5.74. The summed E-state index contributed by atoms with van der Waals surface area (Å²) in [5.74, 6) is -2.37. The molecule has 0 aliphatic rings. The van der Waals surface area contributed by atoms with Gasteiger partial charge in [-0.2, -0.15) is 0 Å². The summed E-state index contributed by atoms with van der Waals surface area (Å²) >= 11 is 0. The minimum atomic E-state index is -4.32. The van der Waals surface area contributed by atoms with E-state index in [9.17, 15) is 22.0 Å². The molecule has 0 unspecified atom stereocenters. The zero-order chi connectivity index (χ0) is 19.8. The average molecular weight is 392 g/mol. The van der Waals surface area contributed by atoms with Gasteiger partial charge in [-0.3, -0.25) is 4.79 Å². The van der Waals surface area contributed by atoms with E-state index in [1.807, 2.05) is 4.72 Å². The molecule has 0 bridgehead atoms. The number of aryl methyl sites for hydroxylation is 2. The highest BCUT2D eigenvalue weighted by atomic mass is 32.2. The number of sulfonamides is 1. The van der Waals surface area contributed by atoms with Crippen LogP contribution < -0.4 is 4.72 Å². The molecular formula is C17H14F2N4O3S. The lowest BCUT2D eigenvalue weighted by Crippen LogP contribution is -2.31. The molecule has 2 aromatic heterocycles. The van der Waals surface area contributed by atoms with Crippen molar-refractivity contribution in [2.45, 2.75) is 11.8 Å². The fraction of sp³-hybridized carbons (Fsp3) is 0.118. The van der Waals surface area contributed by atoms with E-state index in [1.165, 1.54) is 49.1 Å². The highest BCUT2D eigenvalue weighted by molar-refractivity contribution is 7.90. The molecule has 27 heavy (non-hydrogen) atoms. The number of hydrogen-bond donors (Lipinski definition) is 1. The maximum absolute atomic E-state index is 13.9. The Morgan fingerprint density at radius 2 is 1.96 bits per heavy atom. The molecule has 0 spiro atoms. The van der Waals surface area contributed by atoms with Gasteiger partial charge < -0.3 is 4.57 Å². The number of carbonyl (C=O) groups is 1. The SMILES string of the molecule is Cc1ccc(F)cc1S(=O)(=O)NC(=O)c1cn(C)c(-c2ncccc2F)n1. The van der Waals surface area contributed by atoms with Crippen LogP contribution in [0.3, 0.4) is 0 Å². The Balaban J connectivity index is 1.92. The van der Waals surface area contributed by atoms with Crippen LogP contribution in [0.1, 0.15) is 16.1 Å². The zero-order valence-electron chi connectivity index (χ0n) is 14.3. The number of nitrogens with one attached hydrogen (secondary N) is 1.